The number of carbonyl (C=O) groups excluding carboxylic acids is 1. The topological polar surface area (TPSA) is 50.4 Å². The first kappa shape index (κ1) is 19.7. The number of hydrogen-bond acceptors (Lipinski definition) is 3. The predicted molar refractivity (Wildman–Crippen MR) is 109 cm³/mol. The summed E-state index contributed by atoms with van der Waals surface area (Å²) in [5.41, 5.74) is 9.79. The molecule has 0 atom stereocenters. The molecule has 4 heteroatoms. The number of hydrogen-bond donors (Lipinski definition) is 2. The van der Waals surface area contributed by atoms with Crippen LogP contribution >= 0.6 is 0 Å². The normalized spacial score (nSPS) is 11.6. The van der Waals surface area contributed by atoms with Crippen LogP contribution in [0.3, 0.4) is 0 Å². The molecule has 0 aliphatic carbocycles. The van der Waals surface area contributed by atoms with E-state index in [1.807, 2.05) is 6.08 Å². The molecule has 4 nitrogen and oxygen atoms in total. The Morgan fingerprint density at radius 1 is 1.08 bits per heavy atom. The summed E-state index contributed by atoms with van der Waals surface area (Å²) in [5.74, 6) is -0.234. The molecule has 2 aromatic carbocycles. The summed E-state index contributed by atoms with van der Waals surface area (Å²) in [6.45, 7) is 10.2. The Hall–Kier alpha value is -2.59. The van der Waals surface area contributed by atoms with Gasteiger partial charge in [-0.3, -0.25) is 9.63 Å². The SMILES string of the molecule is CONC(=O)/C(C)=C/c1cc(C)c(-c2ccc(NC(C)C)cc2)cc1C. The van der Waals surface area contributed by atoms with E-state index >= 15 is 0 Å². The maximum Gasteiger partial charge on any atom is 0.270 e. The lowest BCUT2D eigenvalue weighted by atomic mass is 9.94. The third-order valence-electron chi connectivity index (χ3n) is 4.19. The predicted octanol–water partition coefficient (Wildman–Crippen LogP) is 4.87. The van der Waals surface area contributed by atoms with Crippen LogP contribution in [0, 0.1) is 13.8 Å². The lowest BCUT2D eigenvalue weighted by molar-refractivity contribution is -0.127. The van der Waals surface area contributed by atoms with Gasteiger partial charge in [-0.25, -0.2) is 5.48 Å². The first-order valence-corrected chi connectivity index (χ1v) is 8.81. The molecule has 2 rings (SSSR count). The molecule has 2 aromatic rings. The van der Waals surface area contributed by atoms with Gasteiger partial charge in [0.2, 0.25) is 0 Å². The van der Waals surface area contributed by atoms with Crippen LogP contribution in [0.15, 0.2) is 42.0 Å². The second kappa shape index (κ2) is 8.68. The van der Waals surface area contributed by atoms with Crippen LogP contribution in [0.25, 0.3) is 17.2 Å². The second-order valence-corrected chi connectivity index (χ2v) is 6.86. The zero-order valence-electron chi connectivity index (χ0n) is 16.4. The van der Waals surface area contributed by atoms with Crippen LogP contribution in [-0.2, 0) is 9.63 Å². The van der Waals surface area contributed by atoms with E-state index in [-0.39, 0.29) is 5.91 Å². The molecule has 0 bridgehead atoms. The van der Waals surface area contributed by atoms with Crippen molar-refractivity contribution in [3.63, 3.8) is 0 Å². The van der Waals surface area contributed by atoms with E-state index in [9.17, 15) is 4.79 Å². The molecule has 2 N–H and O–H groups in total. The standard InChI is InChI=1S/C22H28N2O2/c1-14(2)23-20-9-7-18(8-10-20)21-13-15(3)19(11-16(21)4)12-17(5)22(25)24-26-6/h7-14,23H,1-6H3,(H,24,25)/b17-12+. The summed E-state index contributed by atoms with van der Waals surface area (Å²) >= 11 is 0. The molecule has 0 unspecified atom stereocenters. The fourth-order valence-corrected chi connectivity index (χ4v) is 2.86. The molecule has 0 aliphatic rings. The van der Waals surface area contributed by atoms with Crippen molar-refractivity contribution in [3.8, 4) is 11.1 Å². The largest absolute Gasteiger partial charge is 0.383 e. The molecule has 0 fully saturated rings. The van der Waals surface area contributed by atoms with E-state index in [0.717, 1.165) is 16.8 Å². The van der Waals surface area contributed by atoms with Crippen molar-refractivity contribution in [3.05, 3.63) is 58.7 Å². The van der Waals surface area contributed by atoms with E-state index in [2.05, 4.69) is 79.7 Å². The van der Waals surface area contributed by atoms with Gasteiger partial charge in [0.25, 0.3) is 5.91 Å². The van der Waals surface area contributed by atoms with Crippen LogP contribution in [0.5, 0.6) is 0 Å². The summed E-state index contributed by atoms with van der Waals surface area (Å²) in [6.07, 6.45) is 1.89. The zero-order chi connectivity index (χ0) is 19.3. The first-order valence-electron chi connectivity index (χ1n) is 8.81. The van der Waals surface area contributed by atoms with Crippen molar-refractivity contribution in [2.75, 3.05) is 12.4 Å². The van der Waals surface area contributed by atoms with Gasteiger partial charge in [-0.2, -0.15) is 0 Å². The quantitative estimate of drug-likeness (QED) is 0.576. The van der Waals surface area contributed by atoms with Gasteiger partial charge in [0, 0.05) is 17.3 Å². The molecule has 0 heterocycles. The van der Waals surface area contributed by atoms with Crippen LogP contribution in [0.2, 0.25) is 0 Å². The lowest BCUT2D eigenvalue weighted by Gasteiger charge is -2.13. The molecule has 26 heavy (non-hydrogen) atoms. The maximum absolute atomic E-state index is 11.8. The highest BCUT2D eigenvalue weighted by molar-refractivity contribution is 5.96. The summed E-state index contributed by atoms with van der Waals surface area (Å²) in [4.78, 5) is 16.5. The van der Waals surface area contributed by atoms with Crippen molar-refractivity contribution >= 4 is 17.7 Å². The van der Waals surface area contributed by atoms with Gasteiger partial charge in [-0.05, 0) is 80.6 Å². The van der Waals surface area contributed by atoms with Gasteiger partial charge in [0.15, 0.2) is 0 Å². The van der Waals surface area contributed by atoms with Gasteiger partial charge >= 0.3 is 0 Å². The van der Waals surface area contributed by atoms with Crippen molar-refractivity contribution in [2.24, 2.45) is 0 Å². The monoisotopic (exact) mass is 352 g/mol. The Labute approximate surface area is 156 Å². The van der Waals surface area contributed by atoms with Crippen molar-refractivity contribution in [1.82, 2.24) is 5.48 Å². The molecule has 1 amide bonds. The molecule has 0 radical (unpaired) electrons. The van der Waals surface area contributed by atoms with Crippen LogP contribution in [-0.4, -0.2) is 19.1 Å². The minimum Gasteiger partial charge on any atom is -0.383 e. The molecular formula is C22H28N2O2. The van der Waals surface area contributed by atoms with E-state index < -0.39 is 0 Å². The van der Waals surface area contributed by atoms with Crippen LogP contribution in [0.4, 0.5) is 5.69 Å². The fraction of sp³-hybridized carbons (Fsp3) is 0.318. The van der Waals surface area contributed by atoms with Crippen LogP contribution < -0.4 is 10.8 Å². The molecule has 0 aliphatic heterocycles. The van der Waals surface area contributed by atoms with Crippen molar-refractivity contribution < 1.29 is 9.63 Å². The van der Waals surface area contributed by atoms with E-state index in [4.69, 9.17) is 0 Å². The highest BCUT2D eigenvalue weighted by Gasteiger charge is 2.09. The maximum atomic E-state index is 11.8. The van der Waals surface area contributed by atoms with Crippen molar-refractivity contribution in [2.45, 2.75) is 40.7 Å². The Kier molecular flexibility index (Phi) is 6.58. The molecule has 0 saturated carbocycles. The van der Waals surface area contributed by atoms with Gasteiger partial charge in [-0.15, -0.1) is 0 Å². The average Bonchev–Trinajstić information content (AvgIpc) is 2.58. The highest BCUT2D eigenvalue weighted by atomic mass is 16.6. The van der Waals surface area contributed by atoms with Gasteiger partial charge in [-0.1, -0.05) is 24.3 Å². The number of benzene rings is 2. The smallest absolute Gasteiger partial charge is 0.270 e. The van der Waals surface area contributed by atoms with Gasteiger partial charge in [0.1, 0.15) is 0 Å². The van der Waals surface area contributed by atoms with E-state index in [1.54, 1.807) is 6.92 Å². The van der Waals surface area contributed by atoms with Gasteiger partial charge < -0.3 is 5.32 Å². The third kappa shape index (κ3) is 4.96. The number of carbonyl (C=O) groups is 1. The molecular weight excluding hydrogens is 324 g/mol. The summed E-state index contributed by atoms with van der Waals surface area (Å²) < 4.78 is 0. The minimum atomic E-state index is -0.234. The highest BCUT2D eigenvalue weighted by Crippen LogP contribution is 2.28. The average molecular weight is 352 g/mol. The van der Waals surface area contributed by atoms with E-state index in [1.165, 1.54) is 23.8 Å². The fourth-order valence-electron chi connectivity index (χ4n) is 2.86. The van der Waals surface area contributed by atoms with Crippen LogP contribution in [0.1, 0.15) is 37.5 Å². The van der Waals surface area contributed by atoms with E-state index in [0.29, 0.717) is 11.6 Å². The number of rotatable bonds is 6. The Morgan fingerprint density at radius 2 is 1.73 bits per heavy atom. The van der Waals surface area contributed by atoms with Crippen molar-refractivity contribution in [1.29, 1.82) is 0 Å². The second-order valence-electron chi connectivity index (χ2n) is 6.86. The summed E-state index contributed by atoms with van der Waals surface area (Å²) in [5, 5.41) is 3.41. The Morgan fingerprint density at radius 3 is 2.31 bits per heavy atom. The number of nitrogens with one attached hydrogen (secondary N) is 2. The Balaban J connectivity index is 2.32. The number of hydroxylamine groups is 1. The number of aryl methyl sites for hydroxylation is 2. The summed E-state index contributed by atoms with van der Waals surface area (Å²) in [6, 6.07) is 13.2. The Bertz CT molecular complexity index is 806. The molecule has 0 aromatic heterocycles. The molecule has 138 valence electrons. The first-order chi connectivity index (χ1) is 12.3. The minimum absolute atomic E-state index is 0.234. The number of amides is 1. The zero-order valence-corrected chi connectivity index (χ0v) is 16.4. The van der Waals surface area contributed by atoms with Gasteiger partial charge in [0.05, 0.1) is 7.11 Å². The third-order valence-corrected chi connectivity index (χ3v) is 4.19. The summed E-state index contributed by atoms with van der Waals surface area (Å²) in [7, 11) is 1.43. The molecule has 0 saturated heterocycles. The lowest BCUT2D eigenvalue weighted by Crippen LogP contribution is -2.22. The molecule has 0 spiro atoms. The number of anilines is 1.